The largest absolute Gasteiger partial charge is 0.0753 e. The van der Waals surface area contributed by atoms with E-state index in [0.717, 1.165) is 0 Å². The van der Waals surface area contributed by atoms with E-state index in [2.05, 4.69) is 164 Å². The molecule has 0 aliphatic rings. The van der Waals surface area contributed by atoms with Crippen LogP contribution in [0.1, 0.15) is 0 Å². The second kappa shape index (κ2) is 10.3. The van der Waals surface area contributed by atoms with E-state index in [9.17, 15) is 0 Å². The molecule has 1 heterocycles. The van der Waals surface area contributed by atoms with Crippen LogP contribution in [-0.2, 0) is 0 Å². The fourth-order valence-corrected chi connectivity index (χ4v) is 8.86. The first-order valence-electron chi connectivity index (χ1n) is 13.4. The molecule has 0 saturated heterocycles. The Bertz CT molecular complexity index is 1760. The van der Waals surface area contributed by atoms with Gasteiger partial charge >= 0.3 is 0 Å². The third-order valence-corrected chi connectivity index (χ3v) is 10.1. The fourth-order valence-electron chi connectivity index (χ4n) is 5.73. The molecule has 6 aromatic carbocycles. The minimum atomic E-state index is -0.886. The average Bonchev–Trinajstić information content (AvgIpc) is 3.38. The van der Waals surface area contributed by atoms with Gasteiger partial charge in [0.2, 0.25) is 0 Å². The van der Waals surface area contributed by atoms with Crippen LogP contribution in [-0.4, -0.2) is 0 Å². The average molecular weight is 515 g/mol. The standard InChI is InChI=1S/C38H27P/c1-5-17-29(18-6-1)35-36(30-19-7-2-8-20-30)38(32-23-11-4-12-24-32)39(37(35)31-21-9-3-10-22-31)34-27-15-25-28-16-13-14-26-33(28)34/h1-27H. The van der Waals surface area contributed by atoms with Gasteiger partial charge in [0, 0.05) is 27.0 Å². The highest BCUT2D eigenvalue weighted by Crippen LogP contribution is 2.66. The lowest BCUT2D eigenvalue weighted by molar-refractivity contribution is 1.61. The van der Waals surface area contributed by atoms with Gasteiger partial charge in [0.15, 0.2) is 0 Å². The lowest BCUT2D eigenvalue weighted by Gasteiger charge is -2.15. The minimum absolute atomic E-state index is 0.886. The molecule has 0 atom stereocenters. The van der Waals surface area contributed by atoms with Crippen molar-refractivity contribution in [1.29, 1.82) is 0 Å². The van der Waals surface area contributed by atoms with Crippen molar-refractivity contribution in [3.05, 3.63) is 164 Å². The first-order valence-corrected chi connectivity index (χ1v) is 14.7. The summed E-state index contributed by atoms with van der Waals surface area (Å²) in [5.41, 5.74) is 7.77. The monoisotopic (exact) mass is 514 g/mol. The predicted octanol–water partition coefficient (Wildman–Crippen LogP) is 11.5. The molecule has 1 heteroatoms. The fraction of sp³-hybridized carbons (Fsp3) is 0. The van der Waals surface area contributed by atoms with E-state index < -0.39 is 7.53 Å². The van der Waals surface area contributed by atoms with Crippen molar-refractivity contribution in [3.8, 4) is 49.3 Å². The first-order chi connectivity index (χ1) is 19.4. The number of hydrogen-bond donors (Lipinski definition) is 0. The van der Waals surface area contributed by atoms with Gasteiger partial charge in [-0.1, -0.05) is 165 Å². The Morgan fingerprint density at radius 2 is 0.692 bits per heavy atom. The number of benzene rings is 6. The molecule has 39 heavy (non-hydrogen) atoms. The number of fused-ring (bicyclic) bond motifs is 1. The molecule has 0 amide bonds. The van der Waals surface area contributed by atoms with Gasteiger partial charge in [-0.25, -0.2) is 0 Å². The summed E-state index contributed by atoms with van der Waals surface area (Å²) in [6, 6.07) is 59.7. The van der Waals surface area contributed by atoms with Gasteiger partial charge < -0.3 is 0 Å². The molecule has 7 rings (SSSR count). The van der Waals surface area contributed by atoms with Crippen LogP contribution in [0.3, 0.4) is 0 Å². The van der Waals surface area contributed by atoms with Gasteiger partial charge in [0.1, 0.15) is 0 Å². The molecule has 0 unspecified atom stereocenters. The molecule has 0 spiro atoms. The molecular weight excluding hydrogens is 487 g/mol. The summed E-state index contributed by atoms with van der Waals surface area (Å²) in [5, 5.41) is 6.86. The summed E-state index contributed by atoms with van der Waals surface area (Å²) < 4.78 is 0. The zero-order valence-corrected chi connectivity index (χ0v) is 22.4. The molecule has 0 bridgehead atoms. The Morgan fingerprint density at radius 1 is 0.308 bits per heavy atom. The van der Waals surface area contributed by atoms with Crippen molar-refractivity contribution in [1.82, 2.24) is 0 Å². The van der Waals surface area contributed by atoms with Crippen molar-refractivity contribution in [2.24, 2.45) is 0 Å². The van der Waals surface area contributed by atoms with Crippen molar-refractivity contribution in [3.63, 3.8) is 0 Å². The van der Waals surface area contributed by atoms with Crippen LogP contribution in [0.2, 0.25) is 0 Å². The molecule has 0 radical (unpaired) electrons. The van der Waals surface area contributed by atoms with E-state index in [1.165, 1.54) is 60.0 Å². The Hall–Kier alpha value is -4.64. The Kier molecular flexibility index (Phi) is 6.17. The molecule has 0 fully saturated rings. The summed E-state index contributed by atoms with van der Waals surface area (Å²) >= 11 is 0. The maximum atomic E-state index is 2.36. The topological polar surface area (TPSA) is 0 Å². The third kappa shape index (κ3) is 4.20. The van der Waals surface area contributed by atoms with E-state index in [1.54, 1.807) is 0 Å². The molecule has 0 aliphatic carbocycles. The lowest BCUT2D eigenvalue weighted by Crippen LogP contribution is -1.85. The highest BCUT2D eigenvalue weighted by molar-refractivity contribution is 7.64. The summed E-state index contributed by atoms with van der Waals surface area (Å²) in [7, 11) is -0.886. The maximum absolute atomic E-state index is 2.36. The quantitative estimate of drug-likeness (QED) is 0.214. The molecule has 0 aliphatic heterocycles. The molecule has 7 aromatic rings. The van der Waals surface area contributed by atoms with Gasteiger partial charge in [0.25, 0.3) is 0 Å². The van der Waals surface area contributed by atoms with Crippen molar-refractivity contribution in [2.45, 2.75) is 0 Å². The Morgan fingerprint density at radius 3 is 1.18 bits per heavy atom. The van der Waals surface area contributed by atoms with Crippen LogP contribution in [0.5, 0.6) is 0 Å². The second-order valence-corrected chi connectivity index (χ2v) is 11.8. The third-order valence-electron chi connectivity index (χ3n) is 7.40. The SMILES string of the molecule is c1ccc(-c2c(-c3ccccc3)c(-c3ccccc3)p(-c3cccc4ccccc34)c2-c2ccccc2)cc1. The van der Waals surface area contributed by atoms with Crippen molar-refractivity contribution in [2.75, 3.05) is 0 Å². The van der Waals surface area contributed by atoms with Crippen molar-refractivity contribution >= 4 is 18.3 Å². The van der Waals surface area contributed by atoms with Gasteiger partial charge in [-0.05, 0) is 39.1 Å². The summed E-state index contributed by atoms with van der Waals surface area (Å²) in [6.07, 6.45) is 0. The zero-order valence-electron chi connectivity index (χ0n) is 21.5. The first kappa shape index (κ1) is 23.5. The summed E-state index contributed by atoms with van der Waals surface area (Å²) in [6.45, 7) is 0. The predicted molar refractivity (Wildman–Crippen MR) is 170 cm³/mol. The van der Waals surface area contributed by atoms with E-state index in [0.29, 0.717) is 0 Å². The van der Waals surface area contributed by atoms with E-state index in [1.807, 2.05) is 0 Å². The van der Waals surface area contributed by atoms with Gasteiger partial charge in [0.05, 0.1) is 0 Å². The molecule has 0 N–H and O–H groups in total. The molecule has 0 saturated carbocycles. The zero-order chi connectivity index (χ0) is 26.0. The maximum Gasteiger partial charge on any atom is 0.0147 e. The number of hydrogen-bond acceptors (Lipinski definition) is 0. The van der Waals surface area contributed by atoms with Crippen molar-refractivity contribution < 1.29 is 0 Å². The van der Waals surface area contributed by atoms with Gasteiger partial charge in [-0.15, -0.1) is 0 Å². The summed E-state index contributed by atoms with van der Waals surface area (Å²) in [5.74, 6) is 0. The highest BCUT2D eigenvalue weighted by atomic mass is 31.1. The normalized spacial score (nSPS) is 11.1. The Labute approximate surface area is 230 Å². The van der Waals surface area contributed by atoms with E-state index in [-0.39, 0.29) is 0 Å². The highest BCUT2D eigenvalue weighted by Gasteiger charge is 2.28. The van der Waals surface area contributed by atoms with Crippen LogP contribution >= 0.6 is 7.53 Å². The summed E-state index contributed by atoms with van der Waals surface area (Å²) in [4.78, 5) is 0. The molecule has 1 aromatic heterocycles. The number of rotatable bonds is 5. The van der Waals surface area contributed by atoms with E-state index >= 15 is 0 Å². The van der Waals surface area contributed by atoms with Crippen LogP contribution in [0.15, 0.2) is 164 Å². The van der Waals surface area contributed by atoms with E-state index in [4.69, 9.17) is 0 Å². The van der Waals surface area contributed by atoms with Gasteiger partial charge in [-0.2, -0.15) is 0 Å². The second-order valence-electron chi connectivity index (χ2n) is 9.74. The molecule has 184 valence electrons. The van der Waals surface area contributed by atoms with Crippen LogP contribution in [0.4, 0.5) is 0 Å². The Balaban J connectivity index is 1.75. The molecular formula is C38H27P. The van der Waals surface area contributed by atoms with Crippen LogP contribution < -0.4 is 0 Å². The van der Waals surface area contributed by atoms with Gasteiger partial charge in [-0.3, -0.25) is 0 Å². The van der Waals surface area contributed by atoms with Crippen LogP contribution in [0, 0.1) is 0 Å². The smallest absolute Gasteiger partial charge is 0.0147 e. The minimum Gasteiger partial charge on any atom is -0.0753 e. The lowest BCUT2D eigenvalue weighted by atomic mass is 9.91. The molecule has 0 nitrogen and oxygen atoms in total. The van der Waals surface area contributed by atoms with Crippen LogP contribution in [0.25, 0.3) is 60.0 Å².